The van der Waals surface area contributed by atoms with Gasteiger partial charge in [-0.1, -0.05) is 48.4 Å². The van der Waals surface area contributed by atoms with Gasteiger partial charge in [0.05, 0.1) is 19.4 Å². The largest absolute Gasteiger partial charge is 0.497 e. The second kappa shape index (κ2) is 12.6. The summed E-state index contributed by atoms with van der Waals surface area (Å²) in [6.45, 7) is 4.15. The summed E-state index contributed by atoms with van der Waals surface area (Å²) in [5.41, 5.74) is 5.80. The van der Waals surface area contributed by atoms with E-state index in [1.165, 1.54) is 16.8 Å². The van der Waals surface area contributed by atoms with E-state index in [1.54, 1.807) is 14.0 Å². The van der Waals surface area contributed by atoms with Gasteiger partial charge in [0.1, 0.15) is 18.1 Å². The van der Waals surface area contributed by atoms with Crippen LogP contribution in [0.3, 0.4) is 0 Å². The third-order valence-electron chi connectivity index (χ3n) is 6.43. The zero-order chi connectivity index (χ0) is 26.0. The minimum absolute atomic E-state index is 0.0147. The molecular weight excluding hydrogens is 466 g/mol. The van der Waals surface area contributed by atoms with Gasteiger partial charge < -0.3 is 19.1 Å². The van der Waals surface area contributed by atoms with Crippen LogP contribution >= 0.6 is 0 Å². The van der Waals surface area contributed by atoms with E-state index >= 15 is 0 Å². The first-order chi connectivity index (χ1) is 18.1. The number of carbonyl (C=O) groups is 2. The van der Waals surface area contributed by atoms with Crippen LogP contribution < -0.4 is 14.4 Å². The standard InChI is InChI=1S/C31H31NO5/c1-3-6-27(18-31(34)37-22-33)25-10-13-28(14-11-25)36-21-24-8-4-7-23(17-24)20-32-16-5-9-26-12-15-29(35-2)19-30(26)32/h4,7-8,10-15,17,19,22,27H,5,9,16,18,20-21H2,1-2H3/t27-/m0/s1. The van der Waals surface area contributed by atoms with Gasteiger partial charge in [-0.2, -0.15) is 0 Å². The molecule has 0 saturated heterocycles. The van der Waals surface area contributed by atoms with Crippen molar-refractivity contribution in [3.8, 4) is 23.3 Å². The molecule has 1 atom stereocenters. The minimum atomic E-state index is -0.602. The van der Waals surface area contributed by atoms with Gasteiger partial charge in [0, 0.05) is 24.8 Å². The monoisotopic (exact) mass is 497 g/mol. The Kier molecular flexibility index (Phi) is 8.83. The number of anilines is 1. The van der Waals surface area contributed by atoms with E-state index in [0.29, 0.717) is 6.61 Å². The number of benzene rings is 3. The molecule has 0 aliphatic carbocycles. The van der Waals surface area contributed by atoms with Crippen LogP contribution in [-0.2, 0) is 33.9 Å². The van der Waals surface area contributed by atoms with Crippen molar-refractivity contribution in [2.45, 2.75) is 45.3 Å². The molecule has 3 aromatic rings. The molecule has 6 heteroatoms. The topological polar surface area (TPSA) is 65.1 Å². The normalized spacial score (nSPS) is 13.0. The van der Waals surface area contributed by atoms with E-state index in [2.05, 4.69) is 57.9 Å². The van der Waals surface area contributed by atoms with Crippen LogP contribution in [0.1, 0.15) is 47.9 Å². The predicted octanol–water partition coefficient (Wildman–Crippen LogP) is 5.42. The summed E-state index contributed by atoms with van der Waals surface area (Å²) in [5, 5.41) is 0. The van der Waals surface area contributed by atoms with Gasteiger partial charge in [0.25, 0.3) is 0 Å². The fraction of sp³-hybridized carbons (Fsp3) is 0.290. The Labute approximate surface area is 218 Å². The van der Waals surface area contributed by atoms with Crippen LogP contribution in [0.2, 0.25) is 0 Å². The summed E-state index contributed by atoms with van der Waals surface area (Å²) in [6, 6.07) is 22.3. The lowest BCUT2D eigenvalue weighted by atomic mass is 9.96. The average molecular weight is 498 g/mol. The summed E-state index contributed by atoms with van der Waals surface area (Å²) in [4.78, 5) is 24.5. The van der Waals surface area contributed by atoms with Crippen molar-refractivity contribution in [2.24, 2.45) is 0 Å². The quantitative estimate of drug-likeness (QED) is 0.161. The number of hydrogen-bond acceptors (Lipinski definition) is 6. The van der Waals surface area contributed by atoms with Crippen molar-refractivity contribution in [3.05, 3.63) is 89.0 Å². The molecule has 1 aliphatic heterocycles. The third-order valence-corrected chi connectivity index (χ3v) is 6.43. The van der Waals surface area contributed by atoms with Crippen LogP contribution in [0.15, 0.2) is 66.7 Å². The van der Waals surface area contributed by atoms with Crippen molar-refractivity contribution in [2.75, 3.05) is 18.6 Å². The summed E-state index contributed by atoms with van der Waals surface area (Å²) in [5.74, 6) is 6.50. The van der Waals surface area contributed by atoms with Crippen molar-refractivity contribution in [1.29, 1.82) is 0 Å². The Balaban J connectivity index is 1.38. The fourth-order valence-electron chi connectivity index (χ4n) is 4.62. The molecule has 0 spiro atoms. The third kappa shape index (κ3) is 6.92. The Bertz CT molecular complexity index is 1290. The van der Waals surface area contributed by atoms with Gasteiger partial charge >= 0.3 is 12.4 Å². The van der Waals surface area contributed by atoms with Gasteiger partial charge in [-0.3, -0.25) is 9.59 Å². The van der Waals surface area contributed by atoms with E-state index < -0.39 is 5.97 Å². The highest BCUT2D eigenvalue weighted by Gasteiger charge is 2.18. The molecule has 0 radical (unpaired) electrons. The van der Waals surface area contributed by atoms with Crippen molar-refractivity contribution >= 4 is 18.1 Å². The van der Waals surface area contributed by atoms with Gasteiger partial charge in [-0.15, -0.1) is 5.92 Å². The second-order valence-corrected chi connectivity index (χ2v) is 8.93. The van der Waals surface area contributed by atoms with E-state index in [1.807, 2.05) is 30.3 Å². The van der Waals surface area contributed by atoms with Crippen molar-refractivity contribution in [1.82, 2.24) is 0 Å². The number of carbonyl (C=O) groups excluding carboxylic acids is 2. The number of hydrogen-bond donors (Lipinski definition) is 0. The van der Waals surface area contributed by atoms with Crippen molar-refractivity contribution < 1.29 is 23.8 Å². The Morgan fingerprint density at radius 1 is 1.05 bits per heavy atom. The Morgan fingerprint density at radius 2 is 1.84 bits per heavy atom. The highest BCUT2D eigenvalue weighted by Crippen LogP contribution is 2.32. The molecule has 0 N–H and O–H groups in total. The summed E-state index contributed by atoms with van der Waals surface area (Å²) in [6.07, 6.45) is 2.25. The number of fused-ring (bicyclic) bond motifs is 1. The first kappa shape index (κ1) is 25.8. The van der Waals surface area contributed by atoms with Gasteiger partial charge in [-0.05, 0) is 60.2 Å². The first-order valence-electron chi connectivity index (χ1n) is 12.4. The highest BCUT2D eigenvalue weighted by atomic mass is 16.6. The number of esters is 1. The van der Waals surface area contributed by atoms with E-state index in [0.717, 1.165) is 48.6 Å². The number of nitrogens with zero attached hydrogens (tertiary/aromatic N) is 1. The molecular formula is C31H31NO5. The molecule has 1 heterocycles. The fourth-order valence-corrected chi connectivity index (χ4v) is 4.62. The van der Waals surface area contributed by atoms with E-state index in [4.69, 9.17) is 9.47 Å². The molecule has 0 amide bonds. The number of aryl methyl sites for hydroxylation is 1. The molecule has 0 aromatic heterocycles. The van der Waals surface area contributed by atoms with Gasteiger partial charge in [0.15, 0.2) is 0 Å². The summed E-state index contributed by atoms with van der Waals surface area (Å²) < 4.78 is 15.9. The molecule has 3 aromatic carbocycles. The van der Waals surface area contributed by atoms with Crippen LogP contribution in [0.25, 0.3) is 0 Å². The molecule has 0 unspecified atom stereocenters. The molecule has 0 fully saturated rings. The molecule has 0 saturated carbocycles. The van der Waals surface area contributed by atoms with Gasteiger partial charge in [-0.25, -0.2) is 0 Å². The maximum absolute atomic E-state index is 11.7. The number of rotatable bonds is 10. The van der Waals surface area contributed by atoms with Crippen molar-refractivity contribution in [3.63, 3.8) is 0 Å². The SMILES string of the molecule is CC#C[C@@H](CC(=O)OC=O)c1ccc(OCc2cccc(CN3CCCc4ccc(OC)cc43)c2)cc1. The Morgan fingerprint density at radius 3 is 2.59 bits per heavy atom. The van der Waals surface area contributed by atoms with Crippen LogP contribution in [0, 0.1) is 11.8 Å². The maximum atomic E-state index is 11.7. The molecule has 6 nitrogen and oxygen atoms in total. The lowest BCUT2D eigenvalue weighted by Gasteiger charge is -2.32. The smallest absolute Gasteiger partial charge is 0.314 e. The van der Waals surface area contributed by atoms with E-state index in [9.17, 15) is 9.59 Å². The summed E-state index contributed by atoms with van der Waals surface area (Å²) >= 11 is 0. The molecule has 1 aliphatic rings. The van der Waals surface area contributed by atoms with Gasteiger partial charge in [0.2, 0.25) is 0 Å². The van der Waals surface area contributed by atoms with Crippen LogP contribution in [-0.4, -0.2) is 26.1 Å². The molecule has 37 heavy (non-hydrogen) atoms. The maximum Gasteiger partial charge on any atom is 0.314 e. The first-order valence-corrected chi connectivity index (χ1v) is 12.4. The minimum Gasteiger partial charge on any atom is -0.497 e. The Hall–Kier alpha value is -4.24. The second-order valence-electron chi connectivity index (χ2n) is 8.93. The lowest BCUT2D eigenvalue weighted by molar-refractivity contribution is -0.151. The zero-order valence-electron chi connectivity index (χ0n) is 21.2. The van der Waals surface area contributed by atoms with Crippen LogP contribution in [0.4, 0.5) is 5.69 Å². The van der Waals surface area contributed by atoms with E-state index in [-0.39, 0.29) is 18.8 Å². The highest BCUT2D eigenvalue weighted by molar-refractivity contribution is 5.77. The number of ether oxygens (including phenoxy) is 3. The predicted molar refractivity (Wildman–Crippen MR) is 143 cm³/mol. The van der Waals surface area contributed by atoms with Crippen LogP contribution in [0.5, 0.6) is 11.5 Å². The molecule has 190 valence electrons. The number of methoxy groups -OCH3 is 1. The summed E-state index contributed by atoms with van der Waals surface area (Å²) in [7, 11) is 1.70. The zero-order valence-corrected chi connectivity index (χ0v) is 21.2. The molecule has 0 bridgehead atoms. The lowest BCUT2D eigenvalue weighted by Crippen LogP contribution is -2.28. The average Bonchev–Trinajstić information content (AvgIpc) is 2.92. The molecule has 4 rings (SSSR count).